The van der Waals surface area contributed by atoms with Crippen LogP contribution in [0.5, 0.6) is 0 Å². The van der Waals surface area contributed by atoms with E-state index in [1.165, 1.54) is 0 Å². The van der Waals surface area contributed by atoms with Gasteiger partial charge in [-0.2, -0.15) is 0 Å². The Balaban J connectivity index is 1.65. The number of aliphatic hydroxyl groups excluding tert-OH is 1. The predicted molar refractivity (Wildman–Crippen MR) is 85.3 cm³/mol. The van der Waals surface area contributed by atoms with Gasteiger partial charge in [0.1, 0.15) is 0 Å². The van der Waals surface area contributed by atoms with Crippen LogP contribution >= 0.6 is 0 Å². The summed E-state index contributed by atoms with van der Waals surface area (Å²) in [5.74, 6) is 0. The number of ether oxygens (including phenoxy) is 1. The zero-order chi connectivity index (χ0) is 15.2. The molecule has 0 spiro atoms. The van der Waals surface area contributed by atoms with Crippen molar-refractivity contribution in [3.05, 3.63) is 66.0 Å². The van der Waals surface area contributed by atoms with Gasteiger partial charge in [-0.25, -0.2) is 0 Å². The van der Waals surface area contributed by atoms with Gasteiger partial charge in [-0.15, -0.1) is 0 Å². The Hall–Kier alpha value is -1.75. The van der Waals surface area contributed by atoms with E-state index in [-0.39, 0.29) is 6.04 Å². The van der Waals surface area contributed by atoms with Gasteiger partial charge >= 0.3 is 0 Å². The Morgan fingerprint density at radius 2 is 2.00 bits per heavy atom. The number of nitrogens with zero attached hydrogens (tertiary/aromatic N) is 2. The van der Waals surface area contributed by atoms with E-state index in [0.29, 0.717) is 13.0 Å². The molecule has 1 aromatic heterocycles. The minimum Gasteiger partial charge on any atom is -0.388 e. The summed E-state index contributed by atoms with van der Waals surface area (Å²) in [5.41, 5.74) is 2.02. The molecule has 1 aliphatic heterocycles. The summed E-state index contributed by atoms with van der Waals surface area (Å²) >= 11 is 0. The summed E-state index contributed by atoms with van der Waals surface area (Å²) in [6, 6.07) is 16.0. The Kier molecular flexibility index (Phi) is 5.16. The lowest BCUT2D eigenvalue weighted by atomic mass is 10.0. The molecule has 1 N–H and O–H groups in total. The zero-order valence-electron chi connectivity index (χ0n) is 12.6. The summed E-state index contributed by atoms with van der Waals surface area (Å²) in [5, 5.41) is 10.5. The highest BCUT2D eigenvalue weighted by molar-refractivity contribution is 5.17. The number of aliphatic hydroxyl groups is 1. The largest absolute Gasteiger partial charge is 0.388 e. The summed E-state index contributed by atoms with van der Waals surface area (Å²) in [4.78, 5) is 6.76. The van der Waals surface area contributed by atoms with Crippen LogP contribution in [-0.2, 0) is 11.3 Å². The third-order valence-corrected chi connectivity index (χ3v) is 4.12. The van der Waals surface area contributed by atoms with Crippen LogP contribution < -0.4 is 0 Å². The maximum Gasteiger partial charge on any atom is 0.0805 e. The molecule has 0 aliphatic carbocycles. The number of hydrogen-bond acceptors (Lipinski definition) is 4. The smallest absolute Gasteiger partial charge is 0.0805 e. The quantitative estimate of drug-likeness (QED) is 0.921. The highest BCUT2D eigenvalue weighted by Crippen LogP contribution is 2.23. The van der Waals surface area contributed by atoms with Crippen LogP contribution in [0.25, 0.3) is 0 Å². The molecule has 2 heterocycles. The SMILES string of the molecule is OC(CC1COCCN1Cc1ccccn1)c1ccccc1. The third kappa shape index (κ3) is 3.91. The minimum absolute atomic E-state index is 0.214. The van der Waals surface area contributed by atoms with E-state index >= 15 is 0 Å². The fraction of sp³-hybridized carbons (Fsp3) is 0.389. The molecule has 1 fully saturated rings. The number of aromatic nitrogens is 1. The van der Waals surface area contributed by atoms with E-state index in [0.717, 1.165) is 31.0 Å². The van der Waals surface area contributed by atoms with Crippen molar-refractivity contribution in [3.63, 3.8) is 0 Å². The number of rotatable bonds is 5. The molecule has 4 nitrogen and oxygen atoms in total. The van der Waals surface area contributed by atoms with E-state index < -0.39 is 6.10 Å². The van der Waals surface area contributed by atoms with Gasteiger partial charge in [-0.05, 0) is 24.1 Å². The van der Waals surface area contributed by atoms with Crippen LogP contribution in [0.15, 0.2) is 54.7 Å². The van der Waals surface area contributed by atoms with E-state index in [1.54, 1.807) is 0 Å². The first kappa shape index (κ1) is 15.2. The maximum atomic E-state index is 10.5. The third-order valence-electron chi connectivity index (χ3n) is 4.12. The van der Waals surface area contributed by atoms with Gasteiger partial charge in [-0.1, -0.05) is 36.4 Å². The molecule has 2 atom stereocenters. The second kappa shape index (κ2) is 7.49. The average Bonchev–Trinajstić information content (AvgIpc) is 2.58. The van der Waals surface area contributed by atoms with Crippen molar-refractivity contribution in [2.24, 2.45) is 0 Å². The summed E-state index contributed by atoms with van der Waals surface area (Å²) in [7, 11) is 0. The molecule has 0 amide bonds. The van der Waals surface area contributed by atoms with Crippen LogP contribution in [-0.4, -0.2) is 40.8 Å². The second-order valence-electron chi connectivity index (χ2n) is 5.68. The molecule has 22 heavy (non-hydrogen) atoms. The monoisotopic (exact) mass is 298 g/mol. The van der Waals surface area contributed by atoms with Gasteiger partial charge in [-0.3, -0.25) is 9.88 Å². The fourth-order valence-electron chi connectivity index (χ4n) is 2.88. The molecular formula is C18H22N2O2. The van der Waals surface area contributed by atoms with Crippen molar-refractivity contribution in [2.45, 2.75) is 25.1 Å². The van der Waals surface area contributed by atoms with Gasteiger partial charge in [0.15, 0.2) is 0 Å². The Morgan fingerprint density at radius 1 is 1.18 bits per heavy atom. The van der Waals surface area contributed by atoms with Crippen LogP contribution in [0.1, 0.15) is 23.8 Å². The molecule has 4 heteroatoms. The van der Waals surface area contributed by atoms with Crippen LogP contribution in [0.3, 0.4) is 0 Å². The van der Waals surface area contributed by atoms with Gasteiger partial charge in [0.05, 0.1) is 25.0 Å². The molecule has 1 aromatic carbocycles. The van der Waals surface area contributed by atoms with Gasteiger partial charge in [0.25, 0.3) is 0 Å². The van der Waals surface area contributed by atoms with Crippen molar-refractivity contribution in [2.75, 3.05) is 19.8 Å². The van der Waals surface area contributed by atoms with Crippen molar-refractivity contribution >= 4 is 0 Å². The van der Waals surface area contributed by atoms with Crippen molar-refractivity contribution in [1.29, 1.82) is 0 Å². The number of benzene rings is 1. The lowest BCUT2D eigenvalue weighted by Crippen LogP contribution is -2.45. The van der Waals surface area contributed by atoms with Crippen LogP contribution in [0, 0.1) is 0 Å². The summed E-state index contributed by atoms with van der Waals surface area (Å²) in [6.07, 6.45) is 2.04. The van der Waals surface area contributed by atoms with E-state index in [2.05, 4.69) is 9.88 Å². The first-order chi connectivity index (χ1) is 10.8. The molecule has 3 rings (SSSR count). The molecule has 1 aliphatic rings. The van der Waals surface area contributed by atoms with Gasteiger partial charge in [0.2, 0.25) is 0 Å². The first-order valence-corrected chi connectivity index (χ1v) is 7.77. The molecule has 0 radical (unpaired) electrons. The second-order valence-corrected chi connectivity index (χ2v) is 5.68. The lowest BCUT2D eigenvalue weighted by molar-refractivity contribution is -0.0304. The normalized spacial score (nSPS) is 20.7. The highest BCUT2D eigenvalue weighted by Gasteiger charge is 2.26. The van der Waals surface area contributed by atoms with Crippen molar-refractivity contribution in [3.8, 4) is 0 Å². The molecular weight excluding hydrogens is 276 g/mol. The Labute approximate surface area is 131 Å². The molecule has 116 valence electrons. The number of morpholine rings is 1. The van der Waals surface area contributed by atoms with Crippen LogP contribution in [0.2, 0.25) is 0 Å². The topological polar surface area (TPSA) is 45.6 Å². The van der Waals surface area contributed by atoms with Crippen LogP contribution in [0.4, 0.5) is 0 Å². The molecule has 0 saturated carbocycles. The van der Waals surface area contributed by atoms with E-state index in [9.17, 15) is 5.11 Å². The van der Waals surface area contributed by atoms with E-state index in [1.807, 2.05) is 54.7 Å². The first-order valence-electron chi connectivity index (χ1n) is 7.77. The Morgan fingerprint density at radius 3 is 2.77 bits per heavy atom. The fourth-order valence-corrected chi connectivity index (χ4v) is 2.88. The van der Waals surface area contributed by atoms with Gasteiger partial charge < -0.3 is 9.84 Å². The predicted octanol–water partition coefficient (Wildman–Crippen LogP) is 2.41. The minimum atomic E-state index is -0.459. The lowest BCUT2D eigenvalue weighted by Gasteiger charge is -2.36. The molecule has 1 saturated heterocycles. The summed E-state index contributed by atoms with van der Waals surface area (Å²) in [6.45, 7) is 3.08. The molecule has 2 unspecified atom stereocenters. The molecule has 0 bridgehead atoms. The maximum absolute atomic E-state index is 10.5. The number of pyridine rings is 1. The van der Waals surface area contributed by atoms with Crippen molar-refractivity contribution < 1.29 is 9.84 Å². The highest BCUT2D eigenvalue weighted by atomic mass is 16.5. The Bertz CT molecular complexity index is 562. The average molecular weight is 298 g/mol. The zero-order valence-corrected chi connectivity index (χ0v) is 12.6. The van der Waals surface area contributed by atoms with Gasteiger partial charge in [0, 0.05) is 25.3 Å². The molecule has 2 aromatic rings. The number of hydrogen-bond donors (Lipinski definition) is 1. The summed E-state index contributed by atoms with van der Waals surface area (Å²) < 4.78 is 5.61. The van der Waals surface area contributed by atoms with Crippen molar-refractivity contribution in [1.82, 2.24) is 9.88 Å². The van der Waals surface area contributed by atoms with E-state index in [4.69, 9.17) is 4.74 Å². The standard InChI is InChI=1S/C18H22N2O2/c21-18(15-6-2-1-3-7-15)12-17-14-22-11-10-20(17)13-16-8-4-5-9-19-16/h1-9,17-18,21H,10-14H2.